The van der Waals surface area contributed by atoms with Crippen molar-refractivity contribution in [2.75, 3.05) is 14.2 Å². The summed E-state index contributed by atoms with van der Waals surface area (Å²) < 4.78 is 15.7. The Morgan fingerprint density at radius 3 is 1.71 bits per heavy atom. The maximum atomic E-state index is 11.7. The number of esters is 2. The smallest absolute Gasteiger partial charge is 0.337 e. The van der Waals surface area contributed by atoms with E-state index in [1.165, 1.54) is 14.2 Å². The summed E-state index contributed by atoms with van der Waals surface area (Å²) in [5.41, 5.74) is 2.75. The van der Waals surface area contributed by atoms with Gasteiger partial charge in [0.2, 0.25) is 0 Å². The van der Waals surface area contributed by atoms with Crippen molar-refractivity contribution in [1.82, 2.24) is 0 Å². The van der Waals surface area contributed by atoms with Crippen LogP contribution in [0.2, 0.25) is 0 Å². The van der Waals surface area contributed by atoms with Gasteiger partial charge in [-0.05, 0) is 46.8 Å². The molecule has 6 heteroatoms. The molecule has 0 fully saturated rings. The molecule has 0 spiro atoms. The Kier molecular flexibility index (Phi) is 6.57. The summed E-state index contributed by atoms with van der Waals surface area (Å²) in [6.45, 7) is 0.458. The molecule has 144 valence electrons. The maximum Gasteiger partial charge on any atom is 0.337 e. The first-order chi connectivity index (χ1) is 13.6. The summed E-state index contributed by atoms with van der Waals surface area (Å²) in [4.78, 5) is 24.5. The number of hydrogen-bond acceptors (Lipinski definition) is 6. The quantitative estimate of drug-likeness (QED) is 0.545. The molecule has 0 aliphatic heterocycles. The summed E-state index contributed by atoms with van der Waals surface area (Å²) in [7, 11) is 2.71. The van der Waals surface area contributed by atoms with Crippen molar-refractivity contribution < 1.29 is 23.8 Å². The van der Waals surface area contributed by atoms with Gasteiger partial charge < -0.3 is 14.2 Å². The largest absolute Gasteiger partial charge is 0.465 e. The maximum absolute atomic E-state index is 11.7. The van der Waals surface area contributed by atoms with Crippen molar-refractivity contribution >= 4 is 23.3 Å². The Balaban J connectivity index is 1.88. The van der Waals surface area contributed by atoms with E-state index in [1.807, 2.05) is 41.8 Å². The zero-order chi connectivity index (χ0) is 19.9. The van der Waals surface area contributed by atoms with Gasteiger partial charge in [-0.1, -0.05) is 30.3 Å². The van der Waals surface area contributed by atoms with Crippen molar-refractivity contribution in [3.63, 3.8) is 0 Å². The fourth-order valence-electron chi connectivity index (χ4n) is 2.77. The van der Waals surface area contributed by atoms with Crippen LogP contribution in [0.3, 0.4) is 0 Å². The molecule has 0 saturated carbocycles. The van der Waals surface area contributed by atoms with Gasteiger partial charge in [0, 0.05) is 4.88 Å². The Hall–Kier alpha value is -2.96. The van der Waals surface area contributed by atoms with E-state index in [9.17, 15) is 9.59 Å². The van der Waals surface area contributed by atoms with Crippen LogP contribution in [-0.4, -0.2) is 26.2 Å². The number of carbonyl (C=O) groups is 2. The van der Waals surface area contributed by atoms with Gasteiger partial charge in [-0.2, -0.15) is 0 Å². The second-order valence-electron chi connectivity index (χ2n) is 6.00. The van der Waals surface area contributed by atoms with Gasteiger partial charge >= 0.3 is 11.9 Å². The second kappa shape index (κ2) is 9.30. The predicted octanol–water partition coefficient (Wildman–Crippen LogP) is 4.63. The molecular formula is C22H20O5S. The van der Waals surface area contributed by atoms with Gasteiger partial charge in [-0.25, -0.2) is 9.59 Å². The second-order valence-corrected chi connectivity index (χ2v) is 7.03. The fourth-order valence-corrected chi connectivity index (χ4v) is 3.39. The SMILES string of the molecule is COC(=O)c1ccc(C(OCc2cccs2)c2ccc(C(=O)OC)cc2)cc1. The van der Waals surface area contributed by atoms with E-state index >= 15 is 0 Å². The Labute approximate surface area is 167 Å². The van der Waals surface area contributed by atoms with E-state index < -0.39 is 0 Å². The molecule has 0 radical (unpaired) electrons. The fraction of sp³-hybridized carbons (Fsp3) is 0.182. The van der Waals surface area contributed by atoms with E-state index in [1.54, 1.807) is 35.6 Å². The van der Waals surface area contributed by atoms with E-state index in [4.69, 9.17) is 14.2 Å². The number of hydrogen-bond donors (Lipinski definition) is 0. The monoisotopic (exact) mass is 396 g/mol. The lowest BCUT2D eigenvalue weighted by molar-refractivity contribution is 0.0592. The topological polar surface area (TPSA) is 61.8 Å². The molecule has 1 heterocycles. The molecule has 0 saturated heterocycles. The standard InChI is InChI=1S/C22H20O5S/c1-25-21(23)17-9-5-15(6-10-17)20(27-14-19-4-3-13-28-19)16-7-11-18(12-8-16)22(24)26-2/h3-13,20H,14H2,1-2H3. The van der Waals surface area contributed by atoms with Gasteiger partial charge in [-0.3, -0.25) is 0 Å². The Morgan fingerprint density at radius 2 is 1.32 bits per heavy atom. The van der Waals surface area contributed by atoms with E-state index in [-0.39, 0.29) is 18.0 Å². The highest BCUT2D eigenvalue weighted by atomic mass is 32.1. The molecule has 2 aromatic carbocycles. The van der Waals surface area contributed by atoms with Crippen LogP contribution in [0.4, 0.5) is 0 Å². The van der Waals surface area contributed by atoms with Gasteiger partial charge in [0.15, 0.2) is 0 Å². The Morgan fingerprint density at radius 1 is 0.821 bits per heavy atom. The molecule has 0 atom stereocenters. The molecule has 1 aromatic heterocycles. The molecule has 0 bridgehead atoms. The number of methoxy groups -OCH3 is 2. The highest BCUT2D eigenvalue weighted by Crippen LogP contribution is 2.29. The Bertz CT molecular complexity index is 855. The zero-order valence-corrected chi connectivity index (χ0v) is 16.4. The van der Waals surface area contributed by atoms with E-state index in [2.05, 4.69) is 0 Å². The minimum atomic E-state index is -0.384. The highest BCUT2D eigenvalue weighted by Gasteiger charge is 2.17. The lowest BCUT2D eigenvalue weighted by atomic mass is 9.99. The normalized spacial score (nSPS) is 10.7. The van der Waals surface area contributed by atoms with Crippen molar-refractivity contribution in [1.29, 1.82) is 0 Å². The van der Waals surface area contributed by atoms with Gasteiger partial charge in [0.05, 0.1) is 32.0 Å². The van der Waals surface area contributed by atoms with Crippen LogP contribution >= 0.6 is 11.3 Å². The number of rotatable bonds is 7. The average Bonchev–Trinajstić information content (AvgIpc) is 3.27. The predicted molar refractivity (Wildman–Crippen MR) is 107 cm³/mol. The lowest BCUT2D eigenvalue weighted by Gasteiger charge is -2.19. The molecule has 3 rings (SSSR count). The van der Waals surface area contributed by atoms with E-state index in [0.717, 1.165) is 16.0 Å². The van der Waals surface area contributed by atoms with Crippen LogP contribution in [0.1, 0.15) is 42.8 Å². The molecule has 0 N–H and O–H groups in total. The number of ether oxygens (including phenoxy) is 3. The van der Waals surface area contributed by atoms with Crippen molar-refractivity contribution in [2.24, 2.45) is 0 Å². The highest BCUT2D eigenvalue weighted by molar-refractivity contribution is 7.09. The molecule has 0 aliphatic carbocycles. The van der Waals surface area contributed by atoms with Gasteiger partial charge in [-0.15, -0.1) is 11.3 Å². The average molecular weight is 396 g/mol. The molecule has 3 aromatic rings. The third-order valence-electron chi connectivity index (χ3n) is 4.24. The minimum Gasteiger partial charge on any atom is -0.465 e. The van der Waals surface area contributed by atoms with Crippen molar-refractivity contribution in [2.45, 2.75) is 12.7 Å². The first kappa shape index (κ1) is 19.8. The van der Waals surface area contributed by atoms with Gasteiger partial charge in [0.1, 0.15) is 6.10 Å². The summed E-state index contributed by atoms with van der Waals surface area (Å²) in [6, 6.07) is 18.2. The number of carbonyl (C=O) groups excluding carboxylic acids is 2. The van der Waals surface area contributed by atoms with Crippen LogP contribution in [0.5, 0.6) is 0 Å². The number of benzene rings is 2. The number of thiophene rings is 1. The molecule has 0 unspecified atom stereocenters. The lowest BCUT2D eigenvalue weighted by Crippen LogP contribution is -2.08. The third-order valence-corrected chi connectivity index (χ3v) is 5.09. The van der Waals surface area contributed by atoms with E-state index in [0.29, 0.717) is 17.7 Å². The van der Waals surface area contributed by atoms with Crippen LogP contribution in [-0.2, 0) is 20.8 Å². The first-order valence-corrected chi connectivity index (χ1v) is 9.51. The molecular weight excluding hydrogens is 376 g/mol. The minimum absolute atomic E-state index is 0.347. The molecule has 5 nitrogen and oxygen atoms in total. The zero-order valence-electron chi connectivity index (χ0n) is 15.6. The third kappa shape index (κ3) is 4.65. The van der Waals surface area contributed by atoms with Crippen molar-refractivity contribution in [3.8, 4) is 0 Å². The molecule has 0 aliphatic rings. The van der Waals surface area contributed by atoms with Gasteiger partial charge in [0.25, 0.3) is 0 Å². The van der Waals surface area contributed by atoms with Crippen LogP contribution in [0.25, 0.3) is 0 Å². The summed E-state index contributed by atoms with van der Waals surface area (Å²) in [5.74, 6) is -0.768. The summed E-state index contributed by atoms with van der Waals surface area (Å²) in [6.07, 6.45) is -0.347. The first-order valence-electron chi connectivity index (χ1n) is 8.63. The van der Waals surface area contributed by atoms with Crippen molar-refractivity contribution in [3.05, 3.63) is 93.2 Å². The summed E-state index contributed by atoms with van der Waals surface area (Å²) in [5, 5.41) is 2.00. The summed E-state index contributed by atoms with van der Waals surface area (Å²) >= 11 is 1.63. The van der Waals surface area contributed by atoms with Crippen LogP contribution in [0, 0.1) is 0 Å². The molecule has 28 heavy (non-hydrogen) atoms. The van der Waals surface area contributed by atoms with Crippen LogP contribution in [0.15, 0.2) is 66.0 Å². The molecule has 0 amide bonds. The van der Waals surface area contributed by atoms with Crippen LogP contribution < -0.4 is 0 Å².